The number of benzene rings is 4. The van der Waals surface area contributed by atoms with Crippen molar-refractivity contribution < 1.29 is 0 Å². The number of aryl methyl sites for hydroxylation is 2. The van der Waals surface area contributed by atoms with Gasteiger partial charge in [-0.1, -0.05) is 118 Å². The summed E-state index contributed by atoms with van der Waals surface area (Å²) in [4.78, 5) is 5.29. The van der Waals surface area contributed by atoms with Gasteiger partial charge in [0, 0.05) is 28.4 Å². The van der Waals surface area contributed by atoms with Crippen LogP contribution >= 0.6 is 0 Å². The number of fused-ring (bicyclic) bond motifs is 4. The first-order valence-corrected chi connectivity index (χ1v) is 18.8. The van der Waals surface area contributed by atoms with Crippen LogP contribution in [0.2, 0.25) is 0 Å². The highest BCUT2D eigenvalue weighted by Crippen LogP contribution is 2.48. The Morgan fingerprint density at radius 2 is 1.06 bits per heavy atom. The van der Waals surface area contributed by atoms with E-state index in [2.05, 4.69) is 180 Å². The topological polar surface area (TPSA) is 6.48 Å². The minimum atomic E-state index is -0.0404. The molecule has 1 atom stereocenters. The number of hydrogen-bond donors (Lipinski definition) is 0. The summed E-state index contributed by atoms with van der Waals surface area (Å²) in [5.41, 5.74) is 21.7. The lowest BCUT2D eigenvalue weighted by molar-refractivity contribution is 0.589. The maximum Gasteiger partial charge on any atom is 0.252 e. The van der Waals surface area contributed by atoms with Gasteiger partial charge in [0.15, 0.2) is 0 Å². The number of hydrogen-bond acceptors (Lipinski definition) is 2. The van der Waals surface area contributed by atoms with Crippen molar-refractivity contribution in [1.29, 1.82) is 0 Å². The second-order valence-corrected chi connectivity index (χ2v) is 18.7. The quantitative estimate of drug-likeness (QED) is 0.174. The van der Waals surface area contributed by atoms with Gasteiger partial charge in [0.1, 0.15) is 0 Å². The van der Waals surface area contributed by atoms with Crippen LogP contribution in [0.25, 0.3) is 0 Å². The third kappa shape index (κ3) is 5.47. The predicted octanol–water partition coefficient (Wildman–Crippen LogP) is 11.2. The molecule has 2 aliphatic heterocycles. The summed E-state index contributed by atoms with van der Waals surface area (Å²) >= 11 is 0. The Labute approximate surface area is 303 Å². The van der Waals surface area contributed by atoms with Gasteiger partial charge in [-0.15, -0.1) is 0 Å². The lowest BCUT2D eigenvalue weighted by Crippen LogP contribution is -2.62. The van der Waals surface area contributed by atoms with Gasteiger partial charge >= 0.3 is 0 Å². The summed E-state index contributed by atoms with van der Waals surface area (Å²) < 4.78 is 0. The van der Waals surface area contributed by atoms with Gasteiger partial charge in [-0.2, -0.15) is 0 Å². The number of nitrogens with zero attached hydrogens (tertiary/aromatic N) is 2. The van der Waals surface area contributed by atoms with Gasteiger partial charge in [-0.3, -0.25) is 0 Å². The Bertz CT molecular complexity index is 2090. The maximum absolute atomic E-state index is 2.67. The normalized spacial score (nSPS) is 17.4. The second-order valence-electron chi connectivity index (χ2n) is 18.7. The van der Waals surface area contributed by atoms with Crippen molar-refractivity contribution in [2.24, 2.45) is 5.92 Å². The Hall–Kier alpha value is -3.98. The van der Waals surface area contributed by atoms with Crippen LogP contribution in [0.4, 0.5) is 28.4 Å². The van der Waals surface area contributed by atoms with Crippen LogP contribution in [0.1, 0.15) is 117 Å². The summed E-state index contributed by atoms with van der Waals surface area (Å²) in [7, 11) is 0. The lowest BCUT2D eigenvalue weighted by Gasteiger charge is -2.47. The monoisotopic (exact) mass is 660 g/mol. The molecule has 7 rings (SSSR count). The molecule has 2 heterocycles. The smallest absolute Gasteiger partial charge is 0.252 e. The molecule has 0 fully saturated rings. The molecule has 0 spiro atoms. The molecular formula is C47H57BN2. The average molecular weight is 661 g/mol. The third-order valence-corrected chi connectivity index (χ3v) is 11.5. The molecule has 1 aliphatic carbocycles. The Morgan fingerprint density at radius 3 is 1.54 bits per heavy atom. The summed E-state index contributed by atoms with van der Waals surface area (Å²) in [5.74, 6) is 0.538. The van der Waals surface area contributed by atoms with Gasteiger partial charge in [0.05, 0.1) is 5.69 Å². The minimum absolute atomic E-state index is 0.0249. The van der Waals surface area contributed by atoms with Gasteiger partial charge in [0.2, 0.25) is 0 Å². The fourth-order valence-corrected chi connectivity index (χ4v) is 8.86. The van der Waals surface area contributed by atoms with Crippen LogP contribution in [0.5, 0.6) is 0 Å². The first-order chi connectivity index (χ1) is 23.3. The van der Waals surface area contributed by atoms with E-state index in [4.69, 9.17) is 0 Å². The molecule has 1 unspecified atom stereocenters. The van der Waals surface area contributed by atoms with Crippen LogP contribution in [-0.2, 0) is 16.2 Å². The molecule has 0 saturated heterocycles. The molecule has 0 amide bonds. The fourth-order valence-electron chi connectivity index (χ4n) is 8.86. The molecule has 3 heteroatoms. The van der Waals surface area contributed by atoms with E-state index in [-0.39, 0.29) is 23.0 Å². The molecule has 0 saturated carbocycles. The minimum Gasteiger partial charge on any atom is -0.311 e. The Balaban J connectivity index is 1.69. The summed E-state index contributed by atoms with van der Waals surface area (Å²) in [6.07, 6.45) is 3.57. The van der Waals surface area contributed by atoms with Gasteiger partial charge in [-0.05, 0) is 136 Å². The van der Waals surface area contributed by atoms with Crippen molar-refractivity contribution in [2.75, 3.05) is 9.80 Å². The van der Waals surface area contributed by atoms with Crippen molar-refractivity contribution in [3.05, 3.63) is 117 Å². The van der Waals surface area contributed by atoms with Crippen molar-refractivity contribution in [2.45, 2.75) is 120 Å². The molecule has 0 N–H and O–H groups in total. The fraction of sp³-hybridized carbons (Fsp3) is 0.404. The van der Waals surface area contributed by atoms with Crippen LogP contribution in [0.3, 0.4) is 0 Å². The van der Waals surface area contributed by atoms with Crippen molar-refractivity contribution in [1.82, 2.24) is 0 Å². The SMILES string of the molecule is CC1=CC(C)CC(C)=C1N1c2ccc(C(C)(C)C)cc2B2c3cc(C(C)(C)C)ccc3N(c3c(C)cccc3C)c3cc(C(C)(C)C)cc1c32. The highest BCUT2D eigenvalue weighted by atomic mass is 15.2. The predicted molar refractivity (Wildman–Crippen MR) is 220 cm³/mol. The standard InChI is InChI=1S/C47H57BN2/c1-28-22-31(4)44(32(5)23-28)50-39-21-19-34(46(9,10)11)25-37(39)48-36-24-33(45(6,7)8)18-20-38(36)49(43-29(2)16-15-17-30(43)3)40-26-35(47(12,13)14)27-41(50)42(40)48/h15-22,24-28H,23H2,1-14H3. The molecule has 0 bridgehead atoms. The largest absolute Gasteiger partial charge is 0.311 e. The zero-order valence-corrected chi connectivity index (χ0v) is 33.2. The maximum atomic E-state index is 2.67. The number of para-hydroxylation sites is 1. The van der Waals surface area contributed by atoms with E-state index < -0.39 is 0 Å². The average Bonchev–Trinajstić information content (AvgIpc) is 3.00. The summed E-state index contributed by atoms with van der Waals surface area (Å²) in [5, 5.41) is 0. The highest BCUT2D eigenvalue weighted by molar-refractivity contribution is 7.00. The molecule has 2 nitrogen and oxygen atoms in total. The van der Waals surface area contributed by atoms with E-state index in [1.165, 1.54) is 89.5 Å². The number of anilines is 5. The van der Waals surface area contributed by atoms with Crippen molar-refractivity contribution >= 4 is 51.5 Å². The van der Waals surface area contributed by atoms with Crippen LogP contribution in [0, 0.1) is 19.8 Å². The molecule has 258 valence electrons. The van der Waals surface area contributed by atoms with E-state index >= 15 is 0 Å². The first kappa shape index (κ1) is 34.5. The number of rotatable bonds is 2. The van der Waals surface area contributed by atoms with E-state index in [0.29, 0.717) is 5.92 Å². The van der Waals surface area contributed by atoms with Crippen molar-refractivity contribution in [3.8, 4) is 0 Å². The molecule has 0 radical (unpaired) electrons. The van der Waals surface area contributed by atoms with Crippen molar-refractivity contribution in [3.63, 3.8) is 0 Å². The van der Waals surface area contributed by atoms with Gasteiger partial charge in [-0.25, -0.2) is 0 Å². The van der Waals surface area contributed by atoms with Gasteiger partial charge < -0.3 is 9.80 Å². The molecular weight excluding hydrogens is 603 g/mol. The van der Waals surface area contributed by atoms with E-state index in [1.54, 1.807) is 0 Å². The van der Waals surface area contributed by atoms with E-state index in [9.17, 15) is 0 Å². The van der Waals surface area contributed by atoms with Crippen LogP contribution in [-0.4, -0.2) is 6.71 Å². The molecule has 50 heavy (non-hydrogen) atoms. The molecule has 3 aliphatic rings. The summed E-state index contributed by atoms with van der Waals surface area (Å²) in [6, 6.07) is 26.6. The zero-order valence-electron chi connectivity index (χ0n) is 33.2. The molecule has 4 aromatic rings. The second kappa shape index (κ2) is 11.5. The lowest BCUT2D eigenvalue weighted by atomic mass is 9.33. The van der Waals surface area contributed by atoms with Crippen LogP contribution in [0.15, 0.2) is 89.6 Å². The first-order valence-electron chi connectivity index (χ1n) is 18.8. The number of allylic oxidation sites excluding steroid dienone is 3. The molecule has 0 aromatic heterocycles. The molecule has 4 aromatic carbocycles. The Kier molecular flexibility index (Phi) is 7.94. The van der Waals surface area contributed by atoms with E-state index in [0.717, 1.165) is 6.42 Å². The highest BCUT2D eigenvalue weighted by Gasteiger charge is 2.46. The van der Waals surface area contributed by atoms with Crippen LogP contribution < -0.4 is 26.2 Å². The zero-order chi connectivity index (χ0) is 36.2. The van der Waals surface area contributed by atoms with E-state index in [1.807, 2.05) is 0 Å². The Morgan fingerprint density at radius 1 is 0.580 bits per heavy atom. The third-order valence-electron chi connectivity index (χ3n) is 11.5. The summed E-state index contributed by atoms with van der Waals surface area (Å²) in [6.45, 7) is 32.9. The van der Waals surface area contributed by atoms with Gasteiger partial charge in [0.25, 0.3) is 6.71 Å².